The highest BCUT2D eigenvalue weighted by atomic mass is 16.2. The van der Waals surface area contributed by atoms with E-state index in [-0.39, 0.29) is 11.8 Å². The average molecular weight is 350 g/mol. The van der Waals surface area contributed by atoms with Gasteiger partial charge >= 0.3 is 0 Å². The van der Waals surface area contributed by atoms with Crippen LogP contribution in [0.1, 0.15) is 23.0 Å². The van der Waals surface area contributed by atoms with Gasteiger partial charge in [-0.25, -0.2) is 0 Å². The SMILES string of the molecule is CC(=O)N1CCN(c2ccnc(C(=O)N3CCc4ccccc43)c2)CC1. The van der Waals surface area contributed by atoms with Crippen LogP contribution in [0.3, 0.4) is 0 Å². The summed E-state index contributed by atoms with van der Waals surface area (Å²) < 4.78 is 0. The van der Waals surface area contributed by atoms with Gasteiger partial charge in [0.2, 0.25) is 5.91 Å². The van der Waals surface area contributed by atoms with Gasteiger partial charge in [0.25, 0.3) is 5.91 Å². The number of hydrogen-bond donors (Lipinski definition) is 0. The minimum absolute atomic E-state index is 0.0563. The summed E-state index contributed by atoms with van der Waals surface area (Å²) in [6.07, 6.45) is 2.58. The van der Waals surface area contributed by atoms with E-state index in [0.717, 1.165) is 30.9 Å². The quantitative estimate of drug-likeness (QED) is 0.831. The number of piperazine rings is 1. The zero-order valence-corrected chi connectivity index (χ0v) is 14.9. The standard InChI is InChI=1S/C20H22N4O2/c1-15(25)22-10-12-23(13-11-22)17-6-8-21-18(14-17)20(26)24-9-7-16-4-2-3-5-19(16)24/h2-6,8,14H,7,9-13H2,1H3. The van der Waals surface area contributed by atoms with Crippen LogP contribution in [-0.2, 0) is 11.2 Å². The predicted octanol–water partition coefficient (Wildman–Crippen LogP) is 1.95. The van der Waals surface area contributed by atoms with Crippen LogP contribution in [0, 0.1) is 0 Å². The molecule has 0 N–H and O–H groups in total. The van der Waals surface area contributed by atoms with Gasteiger partial charge in [-0.05, 0) is 30.2 Å². The van der Waals surface area contributed by atoms with E-state index in [1.807, 2.05) is 40.1 Å². The van der Waals surface area contributed by atoms with E-state index in [1.54, 1.807) is 13.1 Å². The lowest BCUT2D eigenvalue weighted by atomic mass is 10.2. The second-order valence-corrected chi connectivity index (χ2v) is 6.73. The van der Waals surface area contributed by atoms with Crippen LogP contribution in [0.4, 0.5) is 11.4 Å². The lowest BCUT2D eigenvalue weighted by molar-refractivity contribution is -0.129. The first-order valence-corrected chi connectivity index (χ1v) is 9.00. The first-order valence-electron chi connectivity index (χ1n) is 9.00. The first-order chi connectivity index (χ1) is 12.6. The van der Waals surface area contributed by atoms with Crippen LogP contribution in [0.2, 0.25) is 0 Å². The van der Waals surface area contributed by atoms with Crippen molar-refractivity contribution in [2.24, 2.45) is 0 Å². The Bertz CT molecular complexity index is 843. The molecule has 6 heteroatoms. The van der Waals surface area contributed by atoms with Gasteiger partial charge in [0.1, 0.15) is 5.69 Å². The number of anilines is 2. The first kappa shape index (κ1) is 16.6. The van der Waals surface area contributed by atoms with Crippen LogP contribution in [0.25, 0.3) is 0 Å². The van der Waals surface area contributed by atoms with E-state index in [0.29, 0.717) is 25.3 Å². The highest BCUT2D eigenvalue weighted by Crippen LogP contribution is 2.29. The van der Waals surface area contributed by atoms with Gasteiger partial charge in [-0.3, -0.25) is 14.6 Å². The number of carbonyl (C=O) groups excluding carboxylic acids is 2. The van der Waals surface area contributed by atoms with Crippen molar-refractivity contribution in [2.45, 2.75) is 13.3 Å². The zero-order chi connectivity index (χ0) is 18.1. The Kier molecular flexibility index (Phi) is 4.32. The van der Waals surface area contributed by atoms with E-state index in [1.165, 1.54) is 5.56 Å². The number of carbonyl (C=O) groups is 2. The Morgan fingerprint density at radius 3 is 2.54 bits per heavy atom. The molecule has 0 atom stereocenters. The summed E-state index contributed by atoms with van der Waals surface area (Å²) >= 11 is 0. The van der Waals surface area contributed by atoms with Crippen molar-refractivity contribution in [1.29, 1.82) is 0 Å². The monoisotopic (exact) mass is 350 g/mol. The molecule has 2 aliphatic rings. The molecule has 0 spiro atoms. The highest BCUT2D eigenvalue weighted by Gasteiger charge is 2.27. The molecule has 1 aromatic heterocycles. The fourth-order valence-electron chi connectivity index (χ4n) is 3.70. The van der Waals surface area contributed by atoms with Gasteiger partial charge in [0.15, 0.2) is 0 Å². The fraction of sp³-hybridized carbons (Fsp3) is 0.350. The van der Waals surface area contributed by atoms with Gasteiger partial charge < -0.3 is 14.7 Å². The molecule has 0 bridgehead atoms. The van der Waals surface area contributed by atoms with Crippen LogP contribution >= 0.6 is 0 Å². The topological polar surface area (TPSA) is 56.8 Å². The summed E-state index contributed by atoms with van der Waals surface area (Å²) in [6, 6.07) is 11.8. The molecule has 0 unspecified atom stereocenters. The van der Waals surface area contributed by atoms with Gasteiger partial charge in [0.05, 0.1) is 0 Å². The van der Waals surface area contributed by atoms with E-state index in [4.69, 9.17) is 0 Å². The molecule has 4 rings (SSSR count). The second-order valence-electron chi connectivity index (χ2n) is 6.73. The maximum atomic E-state index is 13.0. The van der Waals surface area contributed by atoms with Crippen molar-refractivity contribution in [3.05, 3.63) is 53.9 Å². The molecular weight excluding hydrogens is 328 g/mol. The second kappa shape index (κ2) is 6.78. The largest absolute Gasteiger partial charge is 0.368 e. The summed E-state index contributed by atoms with van der Waals surface area (Å²) in [5.41, 5.74) is 3.64. The van der Waals surface area contributed by atoms with Crippen molar-refractivity contribution in [3.63, 3.8) is 0 Å². The minimum Gasteiger partial charge on any atom is -0.368 e. The molecule has 0 radical (unpaired) electrons. The summed E-state index contributed by atoms with van der Waals surface area (Å²) in [5.74, 6) is 0.0575. The van der Waals surface area contributed by atoms with E-state index in [2.05, 4.69) is 16.0 Å². The summed E-state index contributed by atoms with van der Waals surface area (Å²) in [5, 5.41) is 0. The van der Waals surface area contributed by atoms with Gasteiger partial charge in [-0.1, -0.05) is 18.2 Å². The number of amides is 2. The maximum Gasteiger partial charge on any atom is 0.276 e. The Morgan fingerprint density at radius 1 is 1.00 bits per heavy atom. The van der Waals surface area contributed by atoms with Crippen LogP contribution < -0.4 is 9.80 Å². The Balaban J connectivity index is 1.52. The van der Waals surface area contributed by atoms with Gasteiger partial charge in [-0.15, -0.1) is 0 Å². The summed E-state index contributed by atoms with van der Waals surface area (Å²) in [7, 11) is 0. The lowest BCUT2D eigenvalue weighted by Gasteiger charge is -2.35. The molecule has 0 aliphatic carbocycles. The number of aromatic nitrogens is 1. The zero-order valence-electron chi connectivity index (χ0n) is 14.9. The third kappa shape index (κ3) is 3.03. The number of para-hydroxylation sites is 1. The van der Waals surface area contributed by atoms with Gasteiger partial charge in [0, 0.05) is 57.2 Å². The van der Waals surface area contributed by atoms with Crippen molar-refractivity contribution < 1.29 is 9.59 Å². The van der Waals surface area contributed by atoms with E-state index in [9.17, 15) is 9.59 Å². The van der Waals surface area contributed by atoms with Crippen molar-refractivity contribution in [1.82, 2.24) is 9.88 Å². The molecule has 2 aromatic rings. The molecular formula is C20H22N4O2. The van der Waals surface area contributed by atoms with Gasteiger partial charge in [-0.2, -0.15) is 0 Å². The van der Waals surface area contributed by atoms with E-state index >= 15 is 0 Å². The summed E-state index contributed by atoms with van der Waals surface area (Å²) in [6.45, 7) is 5.25. The van der Waals surface area contributed by atoms with Crippen LogP contribution in [0.15, 0.2) is 42.6 Å². The average Bonchev–Trinajstić information content (AvgIpc) is 3.12. The molecule has 1 saturated heterocycles. The molecule has 3 heterocycles. The molecule has 2 amide bonds. The van der Waals surface area contributed by atoms with E-state index < -0.39 is 0 Å². The molecule has 2 aliphatic heterocycles. The van der Waals surface area contributed by atoms with Crippen molar-refractivity contribution >= 4 is 23.2 Å². The Hall–Kier alpha value is -2.89. The molecule has 0 saturated carbocycles. The lowest BCUT2D eigenvalue weighted by Crippen LogP contribution is -2.48. The van der Waals surface area contributed by atoms with Crippen molar-refractivity contribution in [2.75, 3.05) is 42.5 Å². The third-order valence-corrected chi connectivity index (χ3v) is 5.19. The number of fused-ring (bicyclic) bond motifs is 1. The maximum absolute atomic E-state index is 13.0. The third-order valence-electron chi connectivity index (χ3n) is 5.19. The number of benzene rings is 1. The smallest absolute Gasteiger partial charge is 0.276 e. The number of pyridine rings is 1. The number of rotatable bonds is 2. The normalized spacial score (nSPS) is 16.6. The number of hydrogen-bond acceptors (Lipinski definition) is 4. The summed E-state index contributed by atoms with van der Waals surface area (Å²) in [4.78, 5) is 34.6. The highest BCUT2D eigenvalue weighted by molar-refractivity contribution is 6.06. The molecule has 1 aromatic carbocycles. The molecule has 6 nitrogen and oxygen atoms in total. The predicted molar refractivity (Wildman–Crippen MR) is 101 cm³/mol. The van der Waals surface area contributed by atoms with Crippen molar-refractivity contribution in [3.8, 4) is 0 Å². The molecule has 1 fully saturated rings. The van der Waals surface area contributed by atoms with Crippen LogP contribution in [0.5, 0.6) is 0 Å². The number of nitrogens with zero attached hydrogens (tertiary/aromatic N) is 4. The fourth-order valence-corrected chi connectivity index (χ4v) is 3.70. The van der Waals surface area contributed by atoms with Crippen LogP contribution in [-0.4, -0.2) is 54.4 Å². The molecule has 26 heavy (non-hydrogen) atoms. The minimum atomic E-state index is -0.0563. The Labute approximate surface area is 153 Å². The Morgan fingerprint density at radius 2 is 1.77 bits per heavy atom. The molecule has 134 valence electrons.